The number of carbonyl (C=O) groups is 1. The molecule has 2 atom stereocenters. The zero-order valence-corrected chi connectivity index (χ0v) is 13.8. The number of fused-ring (bicyclic) bond motifs is 1. The molecule has 2 aliphatic rings. The fraction of sp³-hybridized carbons (Fsp3) is 0.529. The molecular formula is C17H22N6O. The van der Waals surface area contributed by atoms with Crippen LogP contribution in [0.25, 0.3) is 5.69 Å². The Morgan fingerprint density at radius 3 is 3.17 bits per heavy atom. The first-order valence-electron chi connectivity index (χ1n) is 8.57. The number of anilines is 1. The Morgan fingerprint density at radius 2 is 2.33 bits per heavy atom. The Kier molecular flexibility index (Phi) is 3.80. The van der Waals surface area contributed by atoms with Gasteiger partial charge in [-0.05, 0) is 60.9 Å². The molecular weight excluding hydrogens is 304 g/mol. The highest BCUT2D eigenvalue weighted by Crippen LogP contribution is 2.44. The molecule has 126 valence electrons. The van der Waals surface area contributed by atoms with E-state index in [0.29, 0.717) is 11.7 Å². The summed E-state index contributed by atoms with van der Waals surface area (Å²) in [7, 11) is 0. The predicted molar refractivity (Wildman–Crippen MR) is 89.8 cm³/mol. The van der Waals surface area contributed by atoms with Crippen molar-refractivity contribution >= 4 is 11.6 Å². The van der Waals surface area contributed by atoms with Gasteiger partial charge in [-0.2, -0.15) is 4.68 Å². The molecule has 1 aromatic heterocycles. The van der Waals surface area contributed by atoms with Crippen molar-refractivity contribution in [3.05, 3.63) is 30.1 Å². The number of aryl methyl sites for hydroxylation is 1. The van der Waals surface area contributed by atoms with Crippen LogP contribution < -0.4 is 10.6 Å². The summed E-state index contributed by atoms with van der Waals surface area (Å²) in [5, 5.41) is 18.1. The first-order chi connectivity index (χ1) is 11.7. The number of hydrogen-bond acceptors (Lipinski definition) is 5. The van der Waals surface area contributed by atoms with Gasteiger partial charge in [0.2, 0.25) is 5.91 Å². The molecule has 1 saturated heterocycles. The lowest BCUT2D eigenvalue weighted by atomic mass is 9.67. The van der Waals surface area contributed by atoms with Crippen LogP contribution in [0.4, 0.5) is 5.69 Å². The third kappa shape index (κ3) is 2.49. The van der Waals surface area contributed by atoms with E-state index in [-0.39, 0.29) is 11.3 Å². The quantitative estimate of drug-likeness (QED) is 0.896. The molecule has 0 bridgehead atoms. The Balaban J connectivity index is 1.57. The summed E-state index contributed by atoms with van der Waals surface area (Å²) >= 11 is 0. The smallest absolute Gasteiger partial charge is 0.232 e. The van der Waals surface area contributed by atoms with Crippen molar-refractivity contribution in [2.24, 2.45) is 11.3 Å². The van der Waals surface area contributed by atoms with Gasteiger partial charge in [-0.1, -0.05) is 18.9 Å². The van der Waals surface area contributed by atoms with Gasteiger partial charge in [-0.3, -0.25) is 4.79 Å². The van der Waals surface area contributed by atoms with E-state index in [1.54, 1.807) is 4.68 Å². The molecule has 0 unspecified atom stereocenters. The first-order valence-corrected chi connectivity index (χ1v) is 8.57. The maximum atomic E-state index is 13.0. The SMILES string of the molecule is Cc1nnnn1-c1cccc(NC(=O)[C@@]23CCCC[C@H]2CNC3)c1. The summed E-state index contributed by atoms with van der Waals surface area (Å²) in [6.07, 6.45) is 4.48. The van der Waals surface area contributed by atoms with Crippen LogP contribution in [0.1, 0.15) is 31.5 Å². The first kappa shape index (κ1) is 15.3. The minimum Gasteiger partial charge on any atom is -0.325 e. The average molecular weight is 326 g/mol. The van der Waals surface area contributed by atoms with Crippen LogP contribution in [-0.4, -0.2) is 39.2 Å². The van der Waals surface area contributed by atoms with Crippen LogP contribution in [0.5, 0.6) is 0 Å². The van der Waals surface area contributed by atoms with E-state index < -0.39 is 0 Å². The maximum absolute atomic E-state index is 13.0. The van der Waals surface area contributed by atoms with Gasteiger partial charge in [0.1, 0.15) is 0 Å². The van der Waals surface area contributed by atoms with Crippen molar-refractivity contribution in [3.63, 3.8) is 0 Å². The summed E-state index contributed by atoms with van der Waals surface area (Å²) in [5.41, 5.74) is 1.38. The Hall–Kier alpha value is -2.28. The lowest BCUT2D eigenvalue weighted by molar-refractivity contribution is -0.128. The van der Waals surface area contributed by atoms with Crippen molar-refractivity contribution in [2.75, 3.05) is 18.4 Å². The second-order valence-corrected chi connectivity index (χ2v) is 6.87. The average Bonchev–Trinajstić information content (AvgIpc) is 3.21. The Morgan fingerprint density at radius 1 is 1.42 bits per heavy atom. The summed E-state index contributed by atoms with van der Waals surface area (Å²) in [6, 6.07) is 7.67. The molecule has 4 rings (SSSR count). The number of hydrogen-bond donors (Lipinski definition) is 2. The van der Waals surface area contributed by atoms with E-state index >= 15 is 0 Å². The summed E-state index contributed by atoms with van der Waals surface area (Å²) < 4.78 is 1.66. The summed E-state index contributed by atoms with van der Waals surface area (Å²) in [4.78, 5) is 13.0. The molecule has 0 radical (unpaired) electrons. The normalized spacial score (nSPS) is 26.1. The van der Waals surface area contributed by atoms with Crippen LogP contribution in [0, 0.1) is 18.3 Å². The van der Waals surface area contributed by atoms with E-state index in [9.17, 15) is 4.79 Å². The lowest BCUT2D eigenvalue weighted by Gasteiger charge is -2.37. The van der Waals surface area contributed by atoms with Crippen LogP contribution in [0.15, 0.2) is 24.3 Å². The molecule has 24 heavy (non-hydrogen) atoms. The van der Waals surface area contributed by atoms with Crippen molar-refractivity contribution in [2.45, 2.75) is 32.6 Å². The number of rotatable bonds is 3. The number of carbonyl (C=O) groups excluding carboxylic acids is 1. The molecule has 1 amide bonds. The van der Waals surface area contributed by atoms with Gasteiger partial charge in [0.25, 0.3) is 0 Å². The lowest BCUT2D eigenvalue weighted by Crippen LogP contribution is -2.44. The number of tetrazole rings is 1. The molecule has 1 saturated carbocycles. The van der Waals surface area contributed by atoms with Gasteiger partial charge in [0, 0.05) is 12.2 Å². The monoisotopic (exact) mass is 326 g/mol. The second kappa shape index (κ2) is 5.98. The summed E-state index contributed by atoms with van der Waals surface area (Å²) in [5.74, 6) is 1.31. The van der Waals surface area contributed by atoms with Crippen molar-refractivity contribution in [1.82, 2.24) is 25.5 Å². The molecule has 2 N–H and O–H groups in total. The molecule has 1 aliphatic heterocycles. The van der Waals surface area contributed by atoms with E-state index in [4.69, 9.17) is 0 Å². The van der Waals surface area contributed by atoms with Crippen LogP contribution in [0.2, 0.25) is 0 Å². The predicted octanol–water partition coefficient (Wildman–Crippen LogP) is 1.69. The highest BCUT2D eigenvalue weighted by molar-refractivity contribution is 5.96. The zero-order valence-electron chi connectivity index (χ0n) is 13.8. The largest absolute Gasteiger partial charge is 0.325 e. The summed E-state index contributed by atoms with van der Waals surface area (Å²) in [6.45, 7) is 3.59. The standard InChI is InChI=1S/C17H22N6O/c1-12-20-21-22-23(12)15-7-4-6-14(9-15)19-16(24)17-8-3-2-5-13(17)10-18-11-17/h4,6-7,9,13,18H,2-3,5,8,10-11H2,1H3,(H,19,24)/t13-,17+/m0/s1. The minimum absolute atomic E-state index is 0.141. The fourth-order valence-corrected chi connectivity index (χ4v) is 4.13. The Labute approximate surface area is 140 Å². The highest BCUT2D eigenvalue weighted by atomic mass is 16.2. The molecule has 7 nitrogen and oxygen atoms in total. The number of aromatic nitrogens is 4. The topological polar surface area (TPSA) is 84.7 Å². The van der Waals surface area contributed by atoms with Gasteiger partial charge in [-0.25, -0.2) is 0 Å². The van der Waals surface area contributed by atoms with E-state index in [1.165, 1.54) is 6.42 Å². The third-order valence-corrected chi connectivity index (χ3v) is 5.46. The number of nitrogens with one attached hydrogen (secondary N) is 2. The third-order valence-electron chi connectivity index (χ3n) is 5.46. The highest BCUT2D eigenvalue weighted by Gasteiger charge is 2.49. The number of benzene rings is 1. The van der Waals surface area contributed by atoms with Gasteiger partial charge < -0.3 is 10.6 Å². The molecule has 2 aromatic rings. The molecule has 1 aliphatic carbocycles. The molecule has 0 spiro atoms. The molecule has 1 aromatic carbocycles. The Bertz CT molecular complexity index is 757. The van der Waals surface area contributed by atoms with E-state index in [2.05, 4.69) is 26.2 Å². The molecule has 7 heteroatoms. The zero-order chi connectivity index (χ0) is 16.6. The number of nitrogens with zero attached hydrogens (tertiary/aromatic N) is 4. The van der Waals surface area contributed by atoms with E-state index in [0.717, 1.165) is 43.7 Å². The maximum Gasteiger partial charge on any atom is 0.232 e. The van der Waals surface area contributed by atoms with Crippen molar-refractivity contribution in [3.8, 4) is 5.69 Å². The van der Waals surface area contributed by atoms with Crippen LogP contribution in [-0.2, 0) is 4.79 Å². The number of amides is 1. The van der Waals surface area contributed by atoms with Gasteiger partial charge in [0.15, 0.2) is 5.82 Å². The van der Waals surface area contributed by atoms with Crippen molar-refractivity contribution in [1.29, 1.82) is 0 Å². The van der Waals surface area contributed by atoms with Gasteiger partial charge in [0.05, 0.1) is 11.1 Å². The fourth-order valence-electron chi connectivity index (χ4n) is 4.13. The van der Waals surface area contributed by atoms with Crippen LogP contribution in [0.3, 0.4) is 0 Å². The van der Waals surface area contributed by atoms with Crippen LogP contribution >= 0.6 is 0 Å². The second-order valence-electron chi connectivity index (χ2n) is 6.87. The molecule has 2 heterocycles. The molecule has 2 fully saturated rings. The van der Waals surface area contributed by atoms with Gasteiger partial charge in [-0.15, -0.1) is 5.10 Å². The van der Waals surface area contributed by atoms with E-state index in [1.807, 2.05) is 31.2 Å². The van der Waals surface area contributed by atoms with Gasteiger partial charge >= 0.3 is 0 Å². The van der Waals surface area contributed by atoms with Crippen molar-refractivity contribution < 1.29 is 4.79 Å². The minimum atomic E-state index is -0.251.